The highest BCUT2D eigenvalue weighted by Gasteiger charge is 2.12. The molecule has 0 unspecified atom stereocenters. The van der Waals surface area contributed by atoms with Gasteiger partial charge in [0.2, 0.25) is 5.43 Å². The fraction of sp³-hybridized carbons (Fsp3) is 0.0556. The van der Waals surface area contributed by atoms with Crippen LogP contribution in [-0.2, 0) is 5.75 Å². The molecular weight excluding hydrogens is 340 g/mol. The molecule has 0 spiro atoms. The van der Waals surface area contributed by atoms with E-state index in [0.717, 1.165) is 22.2 Å². The SMILES string of the molecule is O=c1cc(CSc2nc(-c3ccco3)nc3ccccc23)occ1O. The van der Waals surface area contributed by atoms with Gasteiger partial charge in [-0.15, -0.1) is 0 Å². The van der Waals surface area contributed by atoms with Crippen LogP contribution in [0.1, 0.15) is 5.76 Å². The molecule has 3 aromatic heterocycles. The summed E-state index contributed by atoms with van der Waals surface area (Å²) < 4.78 is 10.6. The van der Waals surface area contributed by atoms with Crippen LogP contribution in [0.15, 0.2) is 73.6 Å². The van der Waals surface area contributed by atoms with Crippen molar-refractivity contribution in [1.82, 2.24) is 9.97 Å². The zero-order chi connectivity index (χ0) is 17.2. The molecule has 0 aliphatic heterocycles. The normalized spacial score (nSPS) is 11.0. The first-order valence-corrected chi connectivity index (χ1v) is 8.43. The lowest BCUT2D eigenvalue weighted by molar-refractivity contribution is 0.419. The molecule has 0 bridgehead atoms. The Hall–Kier alpha value is -3.06. The average Bonchev–Trinajstić information content (AvgIpc) is 3.17. The highest BCUT2D eigenvalue weighted by Crippen LogP contribution is 2.30. The van der Waals surface area contributed by atoms with Gasteiger partial charge in [0.1, 0.15) is 17.0 Å². The lowest BCUT2D eigenvalue weighted by Crippen LogP contribution is -1.99. The van der Waals surface area contributed by atoms with Crippen molar-refractivity contribution in [3.63, 3.8) is 0 Å². The Morgan fingerprint density at radius 2 is 1.96 bits per heavy atom. The molecular formula is C18H12N2O4S. The van der Waals surface area contributed by atoms with Crippen LogP contribution in [0, 0.1) is 0 Å². The summed E-state index contributed by atoms with van der Waals surface area (Å²) in [5.74, 6) is 1.53. The maximum atomic E-state index is 11.5. The van der Waals surface area contributed by atoms with Crippen molar-refractivity contribution in [3.05, 3.63) is 71.0 Å². The van der Waals surface area contributed by atoms with Gasteiger partial charge >= 0.3 is 0 Å². The second-order valence-electron chi connectivity index (χ2n) is 5.23. The molecule has 0 saturated carbocycles. The Bertz CT molecular complexity index is 1090. The van der Waals surface area contributed by atoms with Crippen LogP contribution >= 0.6 is 11.8 Å². The molecule has 124 valence electrons. The molecule has 0 aliphatic rings. The molecule has 7 heteroatoms. The molecule has 0 amide bonds. The van der Waals surface area contributed by atoms with Gasteiger partial charge in [0.25, 0.3) is 0 Å². The summed E-state index contributed by atoms with van der Waals surface area (Å²) in [5.41, 5.74) is 0.337. The first-order valence-electron chi connectivity index (χ1n) is 7.45. The lowest BCUT2D eigenvalue weighted by Gasteiger charge is -2.07. The fourth-order valence-electron chi connectivity index (χ4n) is 2.33. The number of hydrogen-bond donors (Lipinski definition) is 1. The van der Waals surface area contributed by atoms with Crippen LogP contribution in [0.2, 0.25) is 0 Å². The van der Waals surface area contributed by atoms with Gasteiger partial charge in [-0.25, -0.2) is 9.97 Å². The Morgan fingerprint density at radius 1 is 1.08 bits per heavy atom. The molecule has 3 heterocycles. The predicted octanol–water partition coefficient (Wildman–Crippen LogP) is 3.84. The zero-order valence-corrected chi connectivity index (χ0v) is 13.7. The number of furan rings is 1. The van der Waals surface area contributed by atoms with Crippen LogP contribution in [0.5, 0.6) is 5.75 Å². The number of aromatic nitrogens is 2. The van der Waals surface area contributed by atoms with Gasteiger partial charge in [0.15, 0.2) is 17.3 Å². The van der Waals surface area contributed by atoms with Gasteiger partial charge in [-0.05, 0) is 18.2 Å². The minimum atomic E-state index is -0.467. The Kier molecular flexibility index (Phi) is 3.99. The summed E-state index contributed by atoms with van der Waals surface area (Å²) in [5, 5.41) is 10.9. The number of benzene rings is 1. The molecule has 4 rings (SSSR count). The first kappa shape index (κ1) is 15.5. The fourth-order valence-corrected chi connectivity index (χ4v) is 3.24. The van der Waals surface area contributed by atoms with Gasteiger partial charge in [0.05, 0.1) is 17.5 Å². The number of hydrogen-bond acceptors (Lipinski definition) is 7. The van der Waals surface area contributed by atoms with Crippen molar-refractivity contribution >= 4 is 22.7 Å². The minimum absolute atomic E-state index is 0.397. The van der Waals surface area contributed by atoms with E-state index in [2.05, 4.69) is 9.97 Å². The monoisotopic (exact) mass is 352 g/mol. The Morgan fingerprint density at radius 3 is 2.76 bits per heavy atom. The van der Waals surface area contributed by atoms with Crippen LogP contribution in [0.4, 0.5) is 0 Å². The first-order chi connectivity index (χ1) is 12.2. The maximum Gasteiger partial charge on any atom is 0.226 e. The quantitative estimate of drug-likeness (QED) is 0.441. The van der Waals surface area contributed by atoms with E-state index in [1.165, 1.54) is 17.8 Å². The molecule has 0 atom stereocenters. The van der Waals surface area contributed by atoms with Crippen LogP contribution in [-0.4, -0.2) is 15.1 Å². The molecule has 1 aromatic carbocycles. The van der Waals surface area contributed by atoms with E-state index in [0.29, 0.717) is 23.1 Å². The van der Waals surface area contributed by atoms with E-state index in [1.807, 2.05) is 24.3 Å². The van der Waals surface area contributed by atoms with Crippen molar-refractivity contribution in [2.24, 2.45) is 0 Å². The molecule has 0 saturated heterocycles. The van der Waals surface area contributed by atoms with Gasteiger partial charge in [-0.1, -0.05) is 30.0 Å². The third-order valence-corrected chi connectivity index (χ3v) is 4.54. The van der Waals surface area contributed by atoms with Crippen LogP contribution < -0.4 is 5.43 Å². The largest absolute Gasteiger partial charge is 0.502 e. The van der Waals surface area contributed by atoms with Gasteiger partial charge in [0, 0.05) is 11.5 Å². The molecule has 1 N–H and O–H groups in total. The second-order valence-corrected chi connectivity index (χ2v) is 6.20. The van der Waals surface area contributed by atoms with Gasteiger partial charge < -0.3 is 13.9 Å². The molecule has 0 fully saturated rings. The van der Waals surface area contributed by atoms with Crippen LogP contribution in [0.3, 0.4) is 0 Å². The van der Waals surface area contributed by atoms with Crippen molar-refractivity contribution < 1.29 is 13.9 Å². The van der Waals surface area contributed by atoms with Gasteiger partial charge in [-0.3, -0.25) is 4.79 Å². The highest BCUT2D eigenvalue weighted by atomic mass is 32.2. The summed E-state index contributed by atoms with van der Waals surface area (Å²) >= 11 is 1.42. The topological polar surface area (TPSA) is 89.4 Å². The maximum absolute atomic E-state index is 11.5. The lowest BCUT2D eigenvalue weighted by atomic mass is 10.2. The van der Waals surface area contributed by atoms with E-state index in [1.54, 1.807) is 18.4 Å². The predicted molar refractivity (Wildman–Crippen MR) is 93.4 cm³/mol. The van der Waals surface area contributed by atoms with E-state index in [4.69, 9.17) is 8.83 Å². The van der Waals surface area contributed by atoms with E-state index >= 15 is 0 Å². The summed E-state index contributed by atoms with van der Waals surface area (Å²) in [6.07, 6.45) is 2.62. The minimum Gasteiger partial charge on any atom is -0.502 e. The van der Waals surface area contributed by atoms with Crippen molar-refractivity contribution in [2.45, 2.75) is 10.8 Å². The van der Waals surface area contributed by atoms with E-state index in [9.17, 15) is 9.90 Å². The third kappa shape index (κ3) is 3.14. The van der Waals surface area contributed by atoms with Crippen molar-refractivity contribution in [2.75, 3.05) is 0 Å². The summed E-state index contributed by atoms with van der Waals surface area (Å²) in [7, 11) is 0. The smallest absolute Gasteiger partial charge is 0.226 e. The van der Waals surface area contributed by atoms with E-state index in [-0.39, 0.29) is 0 Å². The summed E-state index contributed by atoms with van der Waals surface area (Å²) in [6, 6.07) is 12.5. The third-order valence-electron chi connectivity index (χ3n) is 3.53. The number of para-hydroxylation sites is 1. The summed E-state index contributed by atoms with van der Waals surface area (Å²) in [4.78, 5) is 20.6. The molecule has 25 heavy (non-hydrogen) atoms. The zero-order valence-electron chi connectivity index (χ0n) is 12.9. The number of rotatable bonds is 4. The number of aromatic hydroxyl groups is 1. The van der Waals surface area contributed by atoms with Crippen molar-refractivity contribution in [3.8, 4) is 17.3 Å². The number of nitrogens with zero attached hydrogens (tertiary/aromatic N) is 2. The van der Waals surface area contributed by atoms with Crippen molar-refractivity contribution in [1.29, 1.82) is 0 Å². The Labute approximate surface area is 146 Å². The molecule has 4 aromatic rings. The highest BCUT2D eigenvalue weighted by molar-refractivity contribution is 7.98. The average molecular weight is 352 g/mol. The van der Waals surface area contributed by atoms with Crippen LogP contribution in [0.25, 0.3) is 22.5 Å². The van der Waals surface area contributed by atoms with E-state index < -0.39 is 11.2 Å². The second kappa shape index (κ2) is 6.45. The summed E-state index contributed by atoms with van der Waals surface area (Å²) in [6.45, 7) is 0. The standard InChI is InChI=1S/C18H12N2O4S/c21-14-8-11(24-9-15(14)22)10-25-18-12-4-1-2-5-13(12)19-17(20-18)16-6-3-7-23-16/h1-9,22H,10H2. The number of fused-ring (bicyclic) bond motifs is 1. The molecule has 0 aliphatic carbocycles. The molecule has 6 nitrogen and oxygen atoms in total. The number of thioether (sulfide) groups is 1. The molecule has 0 radical (unpaired) electrons. The Balaban J connectivity index is 1.72. The van der Waals surface area contributed by atoms with Gasteiger partial charge in [-0.2, -0.15) is 0 Å².